The quantitative estimate of drug-likeness (QED) is 0.265. The van der Waals surface area contributed by atoms with Crippen LogP contribution in [0.3, 0.4) is 0 Å². The predicted octanol–water partition coefficient (Wildman–Crippen LogP) is 7.54. The number of carbonyl (C=O) groups is 1. The number of fused-ring (bicyclic) bond motifs is 2. The first kappa shape index (κ1) is 21.9. The van der Waals surface area contributed by atoms with Crippen LogP contribution in [0.2, 0.25) is 10.0 Å². The number of nitrogens with one attached hydrogen (secondary N) is 1. The molecule has 5 nitrogen and oxygen atoms in total. The summed E-state index contributed by atoms with van der Waals surface area (Å²) in [5, 5.41) is 13.7. The fourth-order valence-electron chi connectivity index (χ4n) is 3.67. The Labute approximate surface area is 204 Å². The van der Waals surface area contributed by atoms with Crippen LogP contribution in [0.25, 0.3) is 26.8 Å². The maximum absolute atomic E-state index is 12.9. The smallest absolute Gasteiger partial charge is 0.267 e. The Hall–Kier alpha value is -2.93. The third-order valence-electron chi connectivity index (χ3n) is 5.44. The summed E-state index contributed by atoms with van der Waals surface area (Å²) in [4.78, 5) is 15.0. The molecule has 0 bridgehead atoms. The average Bonchev–Trinajstić information content (AvgIpc) is 3.39. The second-order valence-electron chi connectivity index (χ2n) is 7.78. The van der Waals surface area contributed by atoms with E-state index in [1.165, 1.54) is 29.7 Å². The van der Waals surface area contributed by atoms with Gasteiger partial charge in [-0.25, -0.2) is 0 Å². The van der Waals surface area contributed by atoms with Gasteiger partial charge in [0.2, 0.25) is 0 Å². The van der Waals surface area contributed by atoms with Gasteiger partial charge < -0.3 is 5.32 Å². The largest absolute Gasteiger partial charge is 0.320 e. The van der Waals surface area contributed by atoms with Gasteiger partial charge in [-0.3, -0.25) is 4.79 Å². The summed E-state index contributed by atoms with van der Waals surface area (Å²) in [6.45, 7) is 2.19. The third kappa shape index (κ3) is 4.34. The molecule has 0 unspecified atom stereocenters. The number of halogens is 2. The minimum absolute atomic E-state index is 0.308. The summed E-state index contributed by atoms with van der Waals surface area (Å²) >= 11 is 14.3. The zero-order valence-electron chi connectivity index (χ0n) is 17.8. The topological polar surface area (TPSA) is 59.8 Å². The van der Waals surface area contributed by atoms with Gasteiger partial charge in [0, 0.05) is 10.1 Å². The lowest BCUT2D eigenvalue weighted by Crippen LogP contribution is -2.11. The van der Waals surface area contributed by atoms with Gasteiger partial charge >= 0.3 is 0 Å². The van der Waals surface area contributed by atoms with Crippen LogP contribution in [0.5, 0.6) is 0 Å². The van der Waals surface area contributed by atoms with E-state index >= 15 is 0 Å². The highest BCUT2D eigenvalue weighted by Crippen LogP contribution is 2.36. The molecular weight excluding hydrogens is 475 g/mol. The molecule has 0 fully saturated rings. The SMILES string of the molecule is CCCCc1ccc(-n2nc3cc(Cl)c(NC(=O)c4sc5ccccc5c4Cl)cc3n2)cc1. The first-order chi connectivity index (χ1) is 16.0. The van der Waals surface area contributed by atoms with Crippen LogP contribution >= 0.6 is 34.5 Å². The summed E-state index contributed by atoms with van der Waals surface area (Å²) in [5.74, 6) is -0.308. The molecule has 0 atom stereocenters. The molecule has 0 radical (unpaired) electrons. The molecule has 1 N–H and O–H groups in total. The number of benzene rings is 3. The Morgan fingerprint density at radius 3 is 2.48 bits per heavy atom. The van der Waals surface area contributed by atoms with Gasteiger partial charge in [0.15, 0.2) is 0 Å². The number of hydrogen-bond acceptors (Lipinski definition) is 4. The Morgan fingerprint density at radius 2 is 1.76 bits per heavy atom. The minimum atomic E-state index is -0.308. The fraction of sp³-hybridized carbons (Fsp3) is 0.160. The molecule has 0 aliphatic rings. The number of thiophene rings is 1. The molecule has 0 aliphatic heterocycles. The lowest BCUT2D eigenvalue weighted by molar-refractivity contribution is 0.103. The first-order valence-corrected chi connectivity index (χ1v) is 12.2. The van der Waals surface area contributed by atoms with Crippen LogP contribution in [0.15, 0.2) is 60.7 Å². The van der Waals surface area contributed by atoms with E-state index in [0.29, 0.717) is 31.6 Å². The van der Waals surface area contributed by atoms with Gasteiger partial charge in [-0.05, 0) is 48.7 Å². The van der Waals surface area contributed by atoms with Gasteiger partial charge in [0.05, 0.1) is 21.4 Å². The summed E-state index contributed by atoms with van der Waals surface area (Å²) in [6, 6.07) is 19.3. The van der Waals surface area contributed by atoms with Crippen LogP contribution in [0.1, 0.15) is 35.0 Å². The maximum Gasteiger partial charge on any atom is 0.267 e. The lowest BCUT2D eigenvalue weighted by Gasteiger charge is -2.06. The molecule has 33 heavy (non-hydrogen) atoms. The van der Waals surface area contributed by atoms with Crippen LogP contribution in [0, 0.1) is 0 Å². The monoisotopic (exact) mass is 494 g/mol. The molecule has 3 aromatic carbocycles. The Kier molecular flexibility index (Phi) is 6.06. The summed E-state index contributed by atoms with van der Waals surface area (Å²) in [5.41, 5.74) is 3.90. The third-order valence-corrected chi connectivity index (χ3v) is 7.43. The lowest BCUT2D eigenvalue weighted by atomic mass is 10.1. The van der Waals surface area contributed by atoms with Crippen molar-refractivity contribution < 1.29 is 4.79 Å². The molecule has 2 aromatic heterocycles. The number of rotatable bonds is 6. The molecule has 0 saturated heterocycles. The first-order valence-electron chi connectivity index (χ1n) is 10.7. The molecule has 1 amide bonds. The van der Waals surface area contributed by atoms with Crippen LogP contribution < -0.4 is 5.32 Å². The molecule has 0 saturated carbocycles. The van der Waals surface area contributed by atoms with Crippen LogP contribution in [-0.2, 0) is 6.42 Å². The van der Waals surface area contributed by atoms with Gasteiger partial charge in [-0.15, -0.1) is 21.5 Å². The predicted molar refractivity (Wildman–Crippen MR) is 137 cm³/mol. The number of aryl methyl sites for hydroxylation is 1. The van der Waals surface area contributed by atoms with E-state index in [9.17, 15) is 4.79 Å². The van der Waals surface area contributed by atoms with Crippen molar-refractivity contribution in [3.8, 4) is 5.69 Å². The highest BCUT2D eigenvalue weighted by molar-refractivity contribution is 7.21. The van der Waals surface area contributed by atoms with E-state index in [1.807, 2.05) is 36.4 Å². The Morgan fingerprint density at radius 1 is 1.03 bits per heavy atom. The van der Waals surface area contributed by atoms with Gasteiger partial charge in [0.25, 0.3) is 5.91 Å². The van der Waals surface area contributed by atoms with Crippen molar-refractivity contribution in [1.29, 1.82) is 0 Å². The summed E-state index contributed by atoms with van der Waals surface area (Å²) < 4.78 is 0.956. The Balaban J connectivity index is 1.42. The van der Waals surface area contributed by atoms with Crippen molar-refractivity contribution in [2.75, 3.05) is 5.32 Å². The Bertz CT molecular complexity index is 1470. The second kappa shape index (κ2) is 9.14. The molecule has 2 heterocycles. The van der Waals surface area contributed by atoms with Crippen molar-refractivity contribution in [2.24, 2.45) is 0 Å². The molecule has 8 heteroatoms. The molecular formula is C25H20Cl2N4OS. The average molecular weight is 495 g/mol. The van der Waals surface area contributed by atoms with Crippen LogP contribution in [0.4, 0.5) is 5.69 Å². The summed E-state index contributed by atoms with van der Waals surface area (Å²) in [6.07, 6.45) is 3.40. The van der Waals surface area contributed by atoms with Crippen molar-refractivity contribution in [3.05, 3.63) is 81.1 Å². The van der Waals surface area contributed by atoms with Crippen molar-refractivity contribution in [2.45, 2.75) is 26.2 Å². The van der Waals surface area contributed by atoms with E-state index in [0.717, 1.165) is 22.2 Å². The summed E-state index contributed by atoms with van der Waals surface area (Å²) in [7, 11) is 0. The zero-order chi connectivity index (χ0) is 22.9. The van der Waals surface area contributed by atoms with Crippen molar-refractivity contribution in [1.82, 2.24) is 15.0 Å². The van der Waals surface area contributed by atoms with Crippen molar-refractivity contribution >= 4 is 67.3 Å². The van der Waals surface area contributed by atoms with Crippen LogP contribution in [-0.4, -0.2) is 20.9 Å². The highest BCUT2D eigenvalue weighted by atomic mass is 35.5. The zero-order valence-corrected chi connectivity index (χ0v) is 20.1. The van der Waals surface area contributed by atoms with E-state index < -0.39 is 0 Å². The van der Waals surface area contributed by atoms with E-state index in [1.54, 1.807) is 16.9 Å². The number of nitrogens with zero attached hydrogens (tertiary/aromatic N) is 3. The van der Waals surface area contributed by atoms with E-state index in [2.05, 4.69) is 34.6 Å². The highest BCUT2D eigenvalue weighted by Gasteiger charge is 2.19. The number of unbranched alkanes of at least 4 members (excludes halogenated alkanes) is 1. The van der Waals surface area contributed by atoms with Gasteiger partial charge in [0.1, 0.15) is 15.9 Å². The number of anilines is 1. The number of amides is 1. The second-order valence-corrected chi connectivity index (χ2v) is 9.61. The number of carbonyl (C=O) groups excluding carboxylic acids is 1. The van der Waals surface area contributed by atoms with Gasteiger partial charge in [-0.1, -0.05) is 66.9 Å². The molecule has 5 aromatic rings. The molecule has 0 spiro atoms. The van der Waals surface area contributed by atoms with Gasteiger partial charge in [-0.2, -0.15) is 4.80 Å². The minimum Gasteiger partial charge on any atom is -0.320 e. The van der Waals surface area contributed by atoms with Crippen molar-refractivity contribution in [3.63, 3.8) is 0 Å². The number of hydrogen-bond donors (Lipinski definition) is 1. The maximum atomic E-state index is 12.9. The van der Waals surface area contributed by atoms with E-state index in [4.69, 9.17) is 23.2 Å². The van der Waals surface area contributed by atoms with E-state index in [-0.39, 0.29) is 5.91 Å². The number of aromatic nitrogens is 3. The standard InChI is InChI=1S/C25H20Cl2N4OS/c1-2-3-6-15-9-11-16(12-10-15)31-29-20-13-18(26)19(14-21(20)30-31)28-25(32)24-23(27)17-7-4-5-8-22(17)33-24/h4-5,7-14H,2-3,6H2,1H3,(H,28,32). The molecule has 5 rings (SSSR count). The molecule has 166 valence electrons. The molecule has 0 aliphatic carbocycles. The normalized spacial score (nSPS) is 11.4. The fourth-order valence-corrected chi connectivity index (χ4v) is 5.28.